The summed E-state index contributed by atoms with van der Waals surface area (Å²) in [6, 6.07) is 8.10. The van der Waals surface area contributed by atoms with E-state index in [1.165, 1.54) is 0 Å². The second-order valence-electron chi connectivity index (χ2n) is 6.66. The van der Waals surface area contributed by atoms with Crippen molar-refractivity contribution in [3.63, 3.8) is 0 Å². The molecule has 2 saturated heterocycles. The number of carbonyl (C=O) groups excluding carboxylic acids is 1. The molecule has 0 saturated carbocycles. The van der Waals surface area contributed by atoms with Crippen molar-refractivity contribution in [2.75, 3.05) is 19.7 Å². The molecule has 0 aliphatic carbocycles. The van der Waals surface area contributed by atoms with E-state index < -0.39 is 0 Å². The Kier molecular flexibility index (Phi) is 4.04. The molecule has 1 aromatic heterocycles. The number of aromatic nitrogens is 2. The first kappa shape index (κ1) is 14.7. The number of carbonyl (C=O) groups is 1. The molecule has 5 heteroatoms. The van der Waals surface area contributed by atoms with Gasteiger partial charge in [0.2, 0.25) is 5.91 Å². The lowest BCUT2D eigenvalue weighted by atomic mass is 9.97. The quantitative estimate of drug-likeness (QED) is 0.948. The lowest BCUT2D eigenvalue weighted by Gasteiger charge is -2.32. The van der Waals surface area contributed by atoms with Crippen molar-refractivity contribution in [1.29, 1.82) is 0 Å². The smallest absolute Gasteiger partial charge is 0.225 e. The summed E-state index contributed by atoms with van der Waals surface area (Å²) in [6.07, 6.45) is 4.90. The van der Waals surface area contributed by atoms with Gasteiger partial charge < -0.3 is 14.6 Å². The molecule has 2 fully saturated rings. The maximum absolute atomic E-state index is 12.5. The number of rotatable bonds is 3. The van der Waals surface area contributed by atoms with E-state index in [1.54, 1.807) is 0 Å². The number of piperidine rings is 1. The first-order valence-corrected chi connectivity index (χ1v) is 8.63. The standard InChI is InChI=1S/C18H23N3O2/c22-17(11-14-6-4-10-23-14)21-9-3-5-13(12-21)18-19-15-7-1-2-8-16(15)20-18/h1-2,7-8,13-14H,3-6,9-12H2,(H,19,20)/t13-,14-/m1/s1. The number of amides is 1. The van der Waals surface area contributed by atoms with Gasteiger partial charge in [0, 0.05) is 25.6 Å². The van der Waals surface area contributed by atoms with Crippen LogP contribution in [0.15, 0.2) is 24.3 Å². The summed E-state index contributed by atoms with van der Waals surface area (Å²) < 4.78 is 5.60. The molecule has 0 bridgehead atoms. The first-order chi connectivity index (χ1) is 11.3. The van der Waals surface area contributed by atoms with Crippen LogP contribution in [-0.2, 0) is 9.53 Å². The monoisotopic (exact) mass is 313 g/mol. The zero-order valence-corrected chi connectivity index (χ0v) is 13.3. The van der Waals surface area contributed by atoms with E-state index in [0.29, 0.717) is 12.3 Å². The number of likely N-dealkylation sites (tertiary alicyclic amines) is 1. The van der Waals surface area contributed by atoms with Crippen molar-refractivity contribution < 1.29 is 9.53 Å². The zero-order valence-electron chi connectivity index (χ0n) is 13.3. The van der Waals surface area contributed by atoms with Crippen LogP contribution >= 0.6 is 0 Å². The molecule has 0 spiro atoms. The molecule has 3 heterocycles. The third-order valence-electron chi connectivity index (χ3n) is 4.99. The largest absolute Gasteiger partial charge is 0.378 e. The van der Waals surface area contributed by atoms with Gasteiger partial charge >= 0.3 is 0 Å². The normalized spacial score (nSPS) is 25.1. The van der Waals surface area contributed by atoms with Crippen molar-refractivity contribution in [3.05, 3.63) is 30.1 Å². The maximum atomic E-state index is 12.5. The van der Waals surface area contributed by atoms with Gasteiger partial charge in [-0.1, -0.05) is 12.1 Å². The molecule has 0 radical (unpaired) electrons. The summed E-state index contributed by atoms with van der Waals surface area (Å²) in [5.74, 6) is 1.56. The number of hydrogen-bond acceptors (Lipinski definition) is 3. The predicted octanol–water partition coefficient (Wildman–Crippen LogP) is 2.84. The van der Waals surface area contributed by atoms with Gasteiger partial charge in [-0.2, -0.15) is 0 Å². The lowest BCUT2D eigenvalue weighted by molar-refractivity contribution is -0.134. The van der Waals surface area contributed by atoms with Gasteiger partial charge in [-0.05, 0) is 37.8 Å². The Bertz CT molecular complexity index is 657. The number of para-hydroxylation sites is 2. The molecule has 2 aromatic rings. The summed E-state index contributed by atoms with van der Waals surface area (Å²) >= 11 is 0. The molecular weight excluding hydrogens is 290 g/mol. The molecule has 4 rings (SSSR count). The third kappa shape index (κ3) is 3.11. The molecule has 2 aliphatic heterocycles. The van der Waals surface area contributed by atoms with E-state index >= 15 is 0 Å². The van der Waals surface area contributed by atoms with E-state index in [4.69, 9.17) is 9.72 Å². The summed E-state index contributed by atoms with van der Waals surface area (Å²) in [6.45, 7) is 2.44. The molecular formula is C18H23N3O2. The van der Waals surface area contributed by atoms with Gasteiger partial charge in [-0.15, -0.1) is 0 Å². The minimum absolute atomic E-state index is 0.133. The Morgan fingerprint density at radius 2 is 2.22 bits per heavy atom. The minimum atomic E-state index is 0.133. The van der Waals surface area contributed by atoms with E-state index in [2.05, 4.69) is 11.1 Å². The Morgan fingerprint density at radius 1 is 1.30 bits per heavy atom. The van der Waals surface area contributed by atoms with Crippen LogP contribution in [0.1, 0.15) is 43.8 Å². The van der Waals surface area contributed by atoms with Crippen molar-refractivity contribution in [3.8, 4) is 0 Å². The number of aromatic amines is 1. The first-order valence-electron chi connectivity index (χ1n) is 8.63. The summed E-state index contributed by atoms with van der Waals surface area (Å²) in [5, 5.41) is 0. The molecule has 122 valence electrons. The Balaban J connectivity index is 1.44. The lowest BCUT2D eigenvalue weighted by Crippen LogP contribution is -2.40. The fourth-order valence-corrected chi connectivity index (χ4v) is 3.72. The highest BCUT2D eigenvalue weighted by Gasteiger charge is 2.29. The van der Waals surface area contributed by atoms with Crippen LogP contribution in [0.25, 0.3) is 11.0 Å². The fourth-order valence-electron chi connectivity index (χ4n) is 3.72. The van der Waals surface area contributed by atoms with Crippen LogP contribution < -0.4 is 0 Å². The van der Waals surface area contributed by atoms with Gasteiger partial charge in [0.15, 0.2) is 0 Å². The van der Waals surface area contributed by atoms with Crippen molar-refractivity contribution in [1.82, 2.24) is 14.9 Å². The zero-order chi connectivity index (χ0) is 15.6. The van der Waals surface area contributed by atoms with E-state index in [9.17, 15) is 4.79 Å². The number of fused-ring (bicyclic) bond motifs is 1. The van der Waals surface area contributed by atoms with Crippen LogP contribution in [0, 0.1) is 0 Å². The van der Waals surface area contributed by atoms with E-state index in [1.807, 2.05) is 23.1 Å². The Morgan fingerprint density at radius 3 is 3.04 bits per heavy atom. The van der Waals surface area contributed by atoms with Gasteiger partial charge in [0.05, 0.1) is 23.6 Å². The summed E-state index contributed by atoms with van der Waals surface area (Å²) in [5.41, 5.74) is 2.08. The van der Waals surface area contributed by atoms with Gasteiger partial charge in [-0.25, -0.2) is 4.98 Å². The number of benzene rings is 1. The SMILES string of the molecule is O=C(C[C@H]1CCCO1)N1CCC[C@@H](c2nc3ccccc3[nH]2)C1. The number of imidazole rings is 1. The van der Waals surface area contributed by atoms with Crippen LogP contribution in [0.4, 0.5) is 0 Å². The topological polar surface area (TPSA) is 58.2 Å². The van der Waals surface area contributed by atoms with Crippen LogP contribution in [0.2, 0.25) is 0 Å². The highest BCUT2D eigenvalue weighted by Crippen LogP contribution is 2.27. The molecule has 1 amide bonds. The van der Waals surface area contributed by atoms with Crippen LogP contribution in [0.5, 0.6) is 0 Å². The molecule has 1 N–H and O–H groups in total. The van der Waals surface area contributed by atoms with Crippen molar-refractivity contribution in [2.24, 2.45) is 0 Å². The second kappa shape index (κ2) is 6.32. The van der Waals surface area contributed by atoms with Gasteiger partial charge in [-0.3, -0.25) is 4.79 Å². The molecule has 23 heavy (non-hydrogen) atoms. The molecule has 1 aromatic carbocycles. The number of ether oxygens (including phenoxy) is 1. The molecule has 2 aliphatic rings. The highest BCUT2D eigenvalue weighted by atomic mass is 16.5. The van der Waals surface area contributed by atoms with E-state index in [-0.39, 0.29) is 12.0 Å². The number of hydrogen-bond donors (Lipinski definition) is 1. The average Bonchev–Trinajstić information content (AvgIpc) is 3.24. The minimum Gasteiger partial charge on any atom is -0.378 e. The Hall–Kier alpha value is -1.88. The van der Waals surface area contributed by atoms with Crippen molar-refractivity contribution >= 4 is 16.9 Å². The third-order valence-corrected chi connectivity index (χ3v) is 4.99. The predicted molar refractivity (Wildman–Crippen MR) is 88.2 cm³/mol. The van der Waals surface area contributed by atoms with Crippen LogP contribution in [-0.4, -0.2) is 46.6 Å². The number of nitrogens with one attached hydrogen (secondary N) is 1. The summed E-state index contributed by atoms with van der Waals surface area (Å²) in [4.78, 5) is 22.7. The van der Waals surface area contributed by atoms with Crippen molar-refractivity contribution in [2.45, 2.75) is 44.1 Å². The van der Waals surface area contributed by atoms with E-state index in [0.717, 1.165) is 62.2 Å². The Labute approximate surface area is 136 Å². The van der Waals surface area contributed by atoms with Gasteiger partial charge in [0.1, 0.15) is 5.82 Å². The highest BCUT2D eigenvalue weighted by molar-refractivity contribution is 5.77. The maximum Gasteiger partial charge on any atom is 0.225 e. The second-order valence-corrected chi connectivity index (χ2v) is 6.66. The molecule has 5 nitrogen and oxygen atoms in total. The number of H-pyrrole nitrogens is 1. The van der Waals surface area contributed by atoms with Crippen LogP contribution in [0.3, 0.4) is 0 Å². The summed E-state index contributed by atoms with van der Waals surface area (Å²) in [7, 11) is 0. The fraction of sp³-hybridized carbons (Fsp3) is 0.556. The molecule has 2 atom stereocenters. The average molecular weight is 313 g/mol. The number of nitrogens with zero attached hydrogens (tertiary/aromatic N) is 2. The van der Waals surface area contributed by atoms with Gasteiger partial charge in [0.25, 0.3) is 0 Å². The molecule has 0 unspecified atom stereocenters.